The minimum Gasteiger partial charge on any atom is -0.342 e. The van der Waals surface area contributed by atoms with Gasteiger partial charge in [0.15, 0.2) is 5.82 Å². The average Bonchev–Trinajstić information content (AvgIpc) is 2.79. The van der Waals surface area contributed by atoms with Crippen molar-refractivity contribution in [2.24, 2.45) is 5.41 Å². The summed E-state index contributed by atoms with van der Waals surface area (Å²) in [5, 5.41) is 0.688. The second-order valence-corrected chi connectivity index (χ2v) is 9.49. The molecular formula is C25H27ClN4O. The van der Waals surface area contributed by atoms with Gasteiger partial charge in [0.05, 0.1) is 5.69 Å². The Labute approximate surface area is 188 Å². The van der Waals surface area contributed by atoms with E-state index in [1.165, 1.54) is 0 Å². The van der Waals surface area contributed by atoms with Crippen molar-refractivity contribution in [2.45, 2.75) is 39.5 Å². The van der Waals surface area contributed by atoms with Crippen LogP contribution in [0.3, 0.4) is 0 Å². The first kappa shape index (κ1) is 21.4. The Balaban J connectivity index is 1.67. The monoisotopic (exact) mass is 434 g/mol. The average molecular weight is 435 g/mol. The van der Waals surface area contributed by atoms with Gasteiger partial charge in [0.1, 0.15) is 0 Å². The van der Waals surface area contributed by atoms with E-state index >= 15 is 0 Å². The van der Waals surface area contributed by atoms with Gasteiger partial charge in [0.25, 0.3) is 0 Å². The molecule has 0 spiro atoms. The molecule has 160 valence electrons. The van der Waals surface area contributed by atoms with Gasteiger partial charge in [-0.1, -0.05) is 32.4 Å². The molecule has 2 aromatic heterocycles. The molecule has 1 fully saturated rings. The molecule has 0 saturated carbocycles. The van der Waals surface area contributed by atoms with Gasteiger partial charge >= 0.3 is 0 Å². The van der Waals surface area contributed by atoms with Crippen LogP contribution >= 0.6 is 11.6 Å². The van der Waals surface area contributed by atoms with Gasteiger partial charge in [0, 0.05) is 59.2 Å². The molecule has 31 heavy (non-hydrogen) atoms. The van der Waals surface area contributed by atoms with Crippen LogP contribution < -0.4 is 0 Å². The Morgan fingerprint density at radius 1 is 1.00 bits per heavy atom. The number of hydrogen-bond acceptors (Lipinski definition) is 4. The van der Waals surface area contributed by atoms with Crippen molar-refractivity contribution in [3.05, 3.63) is 65.7 Å². The number of benzene rings is 1. The first-order valence-corrected chi connectivity index (χ1v) is 11.0. The molecule has 1 amide bonds. The molecule has 3 aromatic rings. The van der Waals surface area contributed by atoms with Crippen molar-refractivity contribution in [3.8, 4) is 22.5 Å². The summed E-state index contributed by atoms with van der Waals surface area (Å²) >= 11 is 6.05. The van der Waals surface area contributed by atoms with Crippen LogP contribution in [0.15, 0.2) is 55.0 Å². The van der Waals surface area contributed by atoms with E-state index in [-0.39, 0.29) is 17.2 Å². The molecule has 0 radical (unpaired) electrons. The summed E-state index contributed by atoms with van der Waals surface area (Å²) in [6, 6.07) is 11.6. The standard InChI is InChI=1S/C25H27ClN4O/c1-25(2,3)24(31)30-14-10-18(11-15-30)22-21(17-8-12-27-13-9-17)16-28-23(29-22)19-4-6-20(26)7-5-19/h4-9,12-13,16,18H,10-11,14-15H2,1-3H3. The number of carbonyl (C=O) groups is 1. The lowest BCUT2D eigenvalue weighted by Gasteiger charge is -2.36. The second-order valence-electron chi connectivity index (χ2n) is 9.05. The number of pyridine rings is 1. The number of piperidine rings is 1. The Hall–Kier alpha value is -2.79. The predicted octanol–water partition coefficient (Wildman–Crippen LogP) is 5.61. The van der Waals surface area contributed by atoms with Gasteiger partial charge in [-0.3, -0.25) is 9.78 Å². The molecule has 0 aliphatic carbocycles. The quantitative estimate of drug-likeness (QED) is 0.537. The van der Waals surface area contributed by atoms with Crippen LogP contribution in [0.4, 0.5) is 0 Å². The molecule has 1 aliphatic rings. The van der Waals surface area contributed by atoms with Crippen LogP contribution in [0, 0.1) is 5.41 Å². The molecule has 6 heteroatoms. The fraction of sp³-hybridized carbons (Fsp3) is 0.360. The maximum atomic E-state index is 12.7. The lowest BCUT2D eigenvalue weighted by molar-refractivity contribution is -0.140. The van der Waals surface area contributed by atoms with Crippen molar-refractivity contribution < 1.29 is 4.79 Å². The van der Waals surface area contributed by atoms with Crippen molar-refractivity contribution in [3.63, 3.8) is 0 Å². The summed E-state index contributed by atoms with van der Waals surface area (Å²) in [6.07, 6.45) is 7.26. The maximum Gasteiger partial charge on any atom is 0.227 e. The summed E-state index contributed by atoms with van der Waals surface area (Å²) in [5.41, 5.74) is 3.70. The molecular weight excluding hydrogens is 408 g/mol. The predicted molar refractivity (Wildman–Crippen MR) is 124 cm³/mol. The lowest BCUT2D eigenvalue weighted by Crippen LogP contribution is -2.43. The zero-order valence-corrected chi connectivity index (χ0v) is 18.9. The van der Waals surface area contributed by atoms with Gasteiger partial charge in [-0.25, -0.2) is 9.97 Å². The first-order chi connectivity index (χ1) is 14.8. The third kappa shape index (κ3) is 4.77. The fourth-order valence-corrected chi connectivity index (χ4v) is 4.15. The molecule has 0 unspecified atom stereocenters. The van der Waals surface area contributed by atoms with Gasteiger partial charge < -0.3 is 4.90 Å². The maximum absolute atomic E-state index is 12.7. The SMILES string of the molecule is CC(C)(C)C(=O)N1CCC(c2nc(-c3ccc(Cl)cc3)ncc2-c2ccncc2)CC1. The van der Waals surface area contributed by atoms with Crippen LogP contribution in [0.1, 0.15) is 45.2 Å². The Morgan fingerprint density at radius 3 is 2.26 bits per heavy atom. The van der Waals surface area contributed by atoms with E-state index in [0.29, 0.717) is 10.8 Å². The van der Waals surface area contributed by atoms with E-state index < -0.39 is 0 Å². The molecule has 0 bridgehead atoms. The summed E-state index contributed by atoms with van der Waals surface area (Å²) in [5.74, 6) is 1.17. The van der Waals surface area contributed by atoms with E-state index in [2.05, 4.69) is 9.97 Å². The highest BCUT2D eigenvalue weighted by molar-refractivity contribution is 6.30. The van der Waals surface area contributed by atoms with Gasteiger partial charge in [-0.15, -0.1) is 0 Å². The smallest absolute Gasteiger partial charge is 0.227 e. The highest BCUT2D eigenvalue weighted by Gasteiger charge is 2.32. The number of rotatable bonds is 3. The van der Waals surface area contributed by atoms with Crippen LogP contribution in [0.25, 0.3) is 22.5 Å². The normalized spacial score (nSPS) is 15.2. The molecule has 1 saturated heterocycles. The van der Waals surface area contributed by atoms with Gasteiger partial charge in [-0.05, 0) is 54.8 Å². The third-order valence-corrected chi connectivity index (χ3v) is 5.97. The minimum atomic E-state index is -0.355. The van der Waals surface area contributed by atoms with Crippen molar-refractivity contribution in [2.75, 3.05) is 13.1 Å². The van der Waals surface area contributed by atoms with Crippen molar-refractivity contribution in [1.82, 2.24) is 19.9 Å². The van der Waals surface area contributed by atoms with E-state index in [1.807, 2.05) is 68.3 Å². The Kier molecular flexibility index (Phi) is 6.05. The Bertz CT molecular complexity index is 1050. The summed E-state index contributed by atoms with van der Waals surface area (Å²) in [4.78, 5) is 28.5. The number of aromatic nitrogens is 3. The van der Waals surface area contributed by atoms with Crippen molar-refractivity contribution in [1.29, 1.82) is 0 Å². The van der Waals surface area contributed by atoms with Crippen LogP contribution in [0.2, 0.25) is 5.02 Å². The number of halogens is 1. The highest BCUT2D eigenvalue weighted by Crippen LogP contribution is 2.35. The molecule has 0 atom stereocenters. The molecule has 4 rings (SSSR count). The number of hydrogen-bond donors (Lipinski definition) is 0. The van der Waals surface area contributed by atoms with Crippen LogP contribution in [-0.4, -0.2) is 38.8 Å². The third-order valence-electron chi connectivity index (χ3n) is 5.72. The summed E-state index contributed by atoms with van der Waals surface area (Å²) in [6.45, 7) is 7.43. The second kappa shape index (κ2) is 8.75. The molecule has 5 nitrogen and oxygen atoms in total. The number of amides is 1. The zero-order valence-electron chi connectivity index (χ0n) is 18.2. The molecule has 0 N–H and O–H groups in total. The molecule has 1 aliphatic heterocycles. The molecule has 3 heterocycles. The van der Waals surface area contributed by atoms with Crippen LogP contribution in [-0.2, 0) is 4.79 Å². The van der Waals surface area contributed by atoms with Crippen LogP contribution in [0.5, 0.6) is 0 Å². The lowest BCUT2D eigenvalue weighted by atomic mass is 9.87. The largest absolute Gasteiger partial charge is 0.342 e. The summed E-state index contributed by atoms with van der Waals surface area (Å²) < 4.78 is 0. The van der Waals surface area contributed by atoms with E-state index in [9.17, 15) is 4.79 Å². The van der Waals surface area contributed by atoms with Gasteiger partial charge in [-0.2, -0.15) is 0 Å². The molecule has 1 aromatic carbocycles. The summed E-state index contributed by atoms with van der Waals surface area (Å²) in [7, 11) is 0. The number of carbonyl (C=O) groups excluding carboxylic acids is 1. The zero-order chi connectivity index (χ0) is 22.0. The van der Waals surface area contributed by atoms with E-state index in [0.717, 1.165) is 48.3 Å². The highest BCUT2D eigenvalue weighted by atomic mass is 35.5. The van der Waals surface area contributed by atoms with Gasteiger partial charge in [0.2, 0.25) is 5.91 Å². The topological polar surface area (TPSA) is 59.0 Å². The van der Waals surface area contributed by atoms with E-state index in [1.54, 1.807) is 12.4 Å². The minimum absolute atomic E-state index is 0.213. The number of nitrogens with zero attached hydrogens (tertiary/aromatic N) is 4. The Morgan fingerprint density at radius 2 is 1.65 bits per heavy atom. The fourth-order valence-electron chi connectivity index (χ4n) is 4.03. The van der Waals surface area contributed by atoms with Crippen molar-refractivity contribution >= 4 is 17.5 Å². The van der Waals surface area contributed by atoms with E-state index in [4.69, 9.17) is 16.6 Å². The number of likely N-dealkylation sites (tertiary alicyclic amines) is 1. The first-order valence-electron chi connectivity index (χ1n) is 10.7.